The van der Waals surface area contributed by atoms with E-state index in [-0.39, 0.29) is 0 Å². The molecule has 0 radical (unpaired) electrons. The van der Waals surface area contributed by atoms with Crippen LogP contribution in [0.15, 0.2) is 34.9 Å². The van der Waals surface area contributed by atoms with Gasteiger partial charge < -0.3 is 4.74 Å². The van der Waals surface area contributed by atoms with E-state index in [9.17, 15) is 9.00 Å². The average molecular weight is 446 g/mol. The molecule has 0 bridgehead atoms. The Morgan fingerprint density at radius 3 is 2.68 bits per heavy atom. The van der Waals surface area contributed by atoms with Gasteiger partial charge in [-0.25, -0.2) is 9.19 Å². The van der Waals surface area contributed by atoms with Crippen LogP contribution >= 0.6 is 27.5 Å². The maximum absolute atomic E-state index is 11.9. The fourth-order valence-electron chi connectivity index (χ4n) is 2.00. The molecule has 1 unspecified atom stereocenters. The zero-order valence-electron chi connectivity index (χ0n) is 14.0. The predicted molar refractivity (Wildman–Crippen MR) is 104 cm³/mol. The molecule has 1 atom stereocenters. The van der Waals surface area contributed by atoms with Gasteiger partial charge in [-0.1, -0.05) is 47.4 Å². The molecular weight excluding hydrogens is 428 g/mol. The Morgan fingerprint density at radius 2 is 2.12 bits per heavy atom. The molecule has 1 N–H and O–H groups in total. The summed E-state index contributed by atoms with van der Waals surface area (Å²) in [7, 11) is -1.41. The Morgan fingerprint density at radius 1 is 1.40 bits per heavy atom. The number of nitrogens with zero attached hydrogens (tertiary/aromatic N) is 1. The van der Waals surface area contributed by atoms with Gasteiger partial charge in [0.05, 0.1) is 6.61 Å². The minimum atomic E-state index is -1.41. The highest BCUT2D eigenvalue weighted by molar-refractivity contribution is 9.10. The van der Waals surface area contributed by atoms with Crippen LogP contribution in [0.5, 0.6) is 5.88 Å². The zero-order chi connectivity index (χ0) is 18.6. The molecule has 0 saturated heterocycles. The second-order valence-corrected chi connectivity index (χ2v) is 8.17. The molecule has 2 aromatic rings. The minimum Gasteiger partial charge on any atom is -0.476 e. The van der Waals surface area contributed by atoms with E-state index in [2.05, 4.69) is 25.6 Å². The third-order valence-corrected chi connectivity index (χ3v) is 4.54. The van der Waals surface area contributed by atoms with Crippen molar-refractivity contribution >= 4 is 44.4 Å². The largest absolute Gasteiger partial charge is 0.476 e. The topological polar surface area (TPSA) is 68.3 Å². The van der Waals surface area contributed by atoms with Gasteiger partial charge in [-0.2, -0.15) is 0 Å². The summed E-state index contributed by atoms with van der Waals surface area (Å²) >= 11 is 9.71. The summed E-state index contributed by atoms with van der Waals surface area (Å²) in [6, 6.07) is 6.86. The van der Waals surface area contributed by atoms with Crippen molar-refractivity contribution in [2.75, 3.05) is 12.9 Å². The lowest BCUT2D eigenvalue weighted by Crippen LogP contribution is -2.24. The summed E-state index contributed by atoms with van der Waals surface area (Å²) in [6.45, 7) is 4.63. The van der Waals surface area contributed by atoms with Gasteiger partial charge >= 0.3 is 0 Å². The Kier molecular flexibility index (Phi) is 6.98. The van der Waals surface area contributed by atoms with E-state index in [0.717, 1.165) is 11.1 Å². The van der Waals surface area contributed by atoms with Gasteiger partial charge in [0.15, 0.2) is 0 Å². The van der Waals surface area contributed by atoms with E-state index < -0.39 is 16.9 Å². The van der Waals surface area contributed by atoms with Crippen molar-refractivity contribution in [3.63, 3.8) is 0 Å². The van der Waals surface area contributed by atoms with Crippen LogP contribution in [0, 0.1) is 5.92 Å². The number of pyridine rings is 1. The summed E-state index contributed by atoms with van der Waals surface area (Å²) < 4.78 is 19.7. The number of hydrogen-bond donors (Lipinski definition) is 1. The molecule has 0 fully saturated rings. The zero-order valence-corrected chi connectivity index (χ0v) is 17.2. The maximum atomic E-state index is 11.9. The van der Waals surface area contributed by atoms with Crippen LogP contribution in [-0.4, -0.2) is 28.0 Å². The van der Waals surface area contributed by atoms with Crippen LogP contribution in [-0.2, 0) is 11.0 Å². The van der Waals surface area contributed by atoms with Crippen molar-refractivity contribution in [1.82, 2.24) is 9.71 Å². The van der Waals surface area contributed by atoms with Gasteiger partial charge in [0, 0.05) is 28.1 Å². The van der Waals surface area contributed by atoms with Crippen LogP contribution in [0.2, 0.25) is 5.02 Å². The summed E-state index contributed by atoms with van der Waals surface area (Å²) in [4.78, 5) is 16.2. The highest BCUT2D eigenvalue weighted by Gasteiger charge is 2.13. The monoisotopic (exact) mass is 444 g/mol. The quantitative estimate of drug-likeness (QED) is 0.723. The molecule has 0 aliphatic rings. The Balaban J connectivity index is 2.25. The van der Waals surface area contributed by atoms with Crippen LogP contribution in [0.4, 0.5) is 0 Å². The van der Waals surface area contributed by atoms with Gasteiger partial charge in [0.1, 0.15) is 16.0 Å². The highest BCUT2D eigenvalue weighted by atomic mass is 79.9. The number of nitrogens with one attached hydrogen (secondary N) is 1. The standard InChI is InChI=1S/C17H18BrClN2O3S/c1-10(2)9-24-17-15(19)7-12(8-20-17)13-5-4-11(6-14(13)18)16(22)21-25(3)23/h4-8,10H,9H2,1-3H3,(H,21,22). The first kappa shape index (κ1) is 19.9. The Labute approximate surface area is 162 Å². The lowest BCUT2D eigenvalue weighted by atomic mass is 10.1. The number of benzene rings is 1. The van der Waals surface area contributed by atoms with Gasteiger partial charge in [0.2, 0.25) is 5.88 Å². The summed E-state index contributed by atoms with van der Waals surface area (Å²) in [5.74, 6) is 0.376. The molecule has 134 valence electrons. The molecule has 1 heterocycles. The number of ether oxygens (including phenoxy) is 1. The summed E-state index contributed by atoms with van der Waals surface area (Å²) in [6.07, 6.45) is 3.07. The number of carbonyl (C=O) groups is 1. The number of aromatic nitrogens is 1. The van der Waals surface area contributed by atoms with E-state index in [1.807, 2.05) is 13.8 Å². The van der Waals surface area contributed by atoms with Crippen molar-refractivity contribution < 1.29 is 13.7 Å². The molecule has 0 aliphatic heterocycles. The highest BCUT2D eigenvalue weighted by Crippen LogP contribution is 2.33. The molecular formula is C17H18BrClN2O3S. The first-order chi connectivity index (χ1) is 11.8. The molecule has 8 heteroatoms. The smallest absolute Gasteiger partial charge is 0.262 e. The van der Waals surface area contributed by atoms with E-state index in [1.165, 1.54) is 6.26 Å². The van der Waals surface area contributed by atoms with E-state index >= 15 is 0 Å². The SMILES string of the molecule is CC(C)COc1ncc(-c2ccc(C(=O)NS(C)=O)cc2Br)cc1Cl. The molecule has 0 aliphatic carbocycles. The van der Waals surface area contributed by atoms with Crippen molar-refractivity contribution in [1.29, 1.82) is 0 Å². The van der Waals surface area contributed by atoms with Crippen molar-refractivity contribution in [2.45, 2.75) is 13.8 Å². The number of hydrogen-bond acceptors (Lipinski definition) is 4. The molecule has 25 heavy (non-hydrogen) atoms. The molecule has 5 nitrogen and oxygen atoms in total. The maximum Gasteiger partial charge on any atom is 0.262 e. The first-order valence-corrected chi connectivity index (χ1v) is 10.2. The van der Waals surface area contributed by atoms with Gasteiger partial charge in [-0.05, 0) is 29.7 Å². The Hall–Kier alpha value is -1.44. The van der Waals surface area contributed by atoms with Crippen LogP contribution in [0.1, 0.15) is 24.2 Å². The second kappa shape index (κ2) is 8.78. The first-order valence-electron chi connectivity index (χ1n) is 7.50. The van der Waals surface area contributed by atoms with Gasteiger partial charge in [-0.15, -0.1) is 0 Å². The van der Waals surface area contributed by atoms with Gasteiger partial charge in [-0.3, -0.25) is 9.52 Å². The van der Waals surface area contributed by atoms with E-state index in [1.54, 1.807) is 30.5 Å². The molecule has 1 aromatic carbocycles. The second-order valence-electron chi connectivity index (χ2n) is 5.80. The summed E-state index contributed by atoms with van der Waals surface area (Å²) in [5, 5.41) is 0.424. The van der Waals surface area contributed by atoms with Crippen molar-refractivity contribution in [3.8, 4) is 17.0 Å². The summed E-state index contributed by atoms with van der Waals surface area (Å²) in [5.41, 5.74) is 2.03. The van der Waals surface area contributed by atoms with Crippen LogP contribution in [0.25, 0.3) is 11.1 Å². The fraction of sp³-hybridized carbons (Fsp3) is 0.294. The lowest BCUT2D eigenvalue weighted by molar-refractivity contribution is 0.0983. The third-order valence-electron chi connectivity index (χ3n) is 3.14. The molecule has 1 aromatic heterocycles. The molecule has 2 rings (SSSR count). The lowest BCUT2D eigenvalue weighted by Gasteiger charge is -2.11. The molecule has 0 saturated carbocycles. The number of amides is 1. The van der Waals surface area contributed by atoms with Gasteiger partial charge in [0.25, 0.3) is 5.91 Å². The fourth-order valence-corrected chi connectivity index (χ4v) is 3.21. The van der Waals surface area contributed by atoms with E-state index in [4.69, 9.17) is 16.3 Å². The van der Waals surface area contributed by atoms with Crippen molar-refractivity contribution in [3.05, 3.63) is 45.5 Å². The number of halogens is 2. The third kappa shape index (κ3) is 5.52. The number of carbonyl (C=O) groups excluding carboxylic acids is 1. The number of rotatable bonds is 6. The Bertz CT molecular complexity index is 814. The predicted octanol–water partition coefficient (Wildman–Crippen LogP) is 4.22. The average Bonchev–Trinajstić information content (AvgIpc) is 2.52. The van der Waals surface area contributed by atoms with Crippen LogP contribution in [0.3, 0.4) is 0 Å². The normalized spacial score (nSPS) is 12.1. The van der Waals surface area contributed by atoms with Crippen molar-refractivity contribution in [2.24, 2.45) is 5.92 Å². The minimum absolute atomic E-state index is 0.378. The van der Waals surface area contributed by atoms with E-state index in [0.29, 0.717) is 33.5 Å². The molecule has 0 spiro atoms. The van der Waals surface area contributed by atoms with Crippen LogP contribution < -0.4 is 9.46 Å². The molecule has 1 amide bonds.